The van der Waals surface area contributed by atoms with E-state index in [0.29, 0.717) is 12.2 Å². The number of phenols is 1. The molecule has 5 aliphatic rings. The zero-order valence-corrected chi connectivity index (χ0v) is 17.8. The number of nitrogens with zero attached hydrogens (tertiary/aromatic N) is 3. The third kappa shape index (κ3) is 1.95. The van der Waals surface area contributed by atoms with Gasteiger partial charge < -0.3 is 14.9 Å². The zero-order valence-electron chi connectivity index (χ0n) is 17.8. The summed E-state index contributed by atoms with van der Waals surface area (Å²) in [6.07, 6.45) is 4.22. The Morgan fingerprint density at radius 3 is 2.72 bits per heavy atom. The van der Waals surface area contributed by atoms with E-state index in [1.807, 2.05) is 30.3 Å². The molecule has 2 N–H and O–H groups in total. The number of likely N-dealkylation sites (tertiary alicyclic amines) is 1. The van der Waals surface area contributed by atoms with Crippen molar-refractivity contribution in [2.75, 3.05) is 13.1 Å². The maximum absolute atomic E-state index is 12.7. The molecule has 1 spiro atoms. The lowest BCUT2D eigenvalue weighted by Crippen LogP contribution is -2.74. The lowest BCUT2D eigenvalue weighted by molar-refractivity contribution is -0.174. The van der Waals surface area contributed by atoms with E-state index in [4.69, 9.17) is 14.7 Å². The number of piperidine rings is 1. The van der Waals surface area contributed by atoms with E-state index in [-0.39, 0.29) is 11.8 Å². The van der Waals surface area contributed by atoms with E-state index in [9.17, 15) is 10.2 Å². The second-order valence-electron chi connectivity index (χ2n) is 10.5. The van der Waals surface area contributed by atoms with Crippen LogP contribution in [0, 0.1) is 5.92 Å². The summed E-state index contributed by atoms with van der Waals surface area (Å²) in [4.78, 5) is 12.5. The average Bonchev–Trinajstić information content (AvgIpc) is 3.53. The number of fused-ring (bicyclic) bond motifs is 3. The first-order chi connectivity index (χ1) is 15.6. The number of aliphatic hydroxyl groups is 1. The highest BCUT2D eigenvalue weighted by Gasteiger charge is 2.73. The molecule has 8 rings (SSSR count). The number of phenolic OH excluding ortho intramolecular Hbond substituents is 1. The molecule has 3 aromatic rings. The molecule has 6 nitrogen and oxygen atoms in total. The third-order valence-corrected chi connectivity index (χ3v) is 8.87. The van der Waals surface area contributed by atoms with Crippen LogP contribution < -0.4 is 4.74 Å². The lowest BCUT2D eigenvalue weighted by Gasteiger charge is -2.62. The molecule has 1 saturated carbocycles. The molecule has 0 radical (unpaired) electrons. The van der Waals surface area contributed by atoms with E-state index in [1.54, 1.807) is 6.07 Å². The molecule has 162 valence electrons. The second kappa shape index (κ2) is 5.61. The van der Waals surface area contributed by atoms with Crippen LogP contribution in [0.5, 0.6) is 11.5 Å². The van der Waals surface area contributed by atoms with Gasteiger partial charge in [-0.05, 0) is 61.9 Å². The van der Waals surface area contributed by atoms with Crippen molar-refractivity contribution in [3.05, 3.63) is 58.9 Å². The number of aromatic hydroxyl groups is 1. The van der Waals surface area contributed by atoms with Crippen LogP contribution in [0.2, 0.25) is 0 Å². The van der Waals surface area contributed by atoms with Gasteiger partial charge in [0.1, 0.15) is 5.69 Å². The van der Waals surface area contributed by atoms with Crippen LogP contribution in [0.15, 0.2) is 36.4 Å². The Bertz CT molecular complexity index is 1320. The Morgan fingerprint density at radius 2 is 1.91 bits per heavy atom. The molecule has 1 aromatic heterocycles. The molecule has 2 fully saturated rings. The Kier molecular flexibility index (Phi) is 3.12. The van der Waals surface area contributed by atoms with Gasteiger partial charge in [0.05, 0.1) is 27.7 Å². The monoisotopic (exact) mass is 427 g/mol. The summed E-state index contributed by atoms with van der Waals surface area (Å²) in [7, 11) is 0. The van der Waals surface area contributed by atoms with Gasteiger partial charge in [-0.15, -0.1) is 0 Å². The van der Waals surface area contributed by atoms with Crippen molar-refractivity contribution in [2.45, 2.75) is 55.3 Å². The van der Waals surface area contributed by atoms with E-state index < -0.39 is 17.1 Å². The van der Waals surface area contributed by atoms with Crippen molar-refractivity contribution in [3.8, 4) is 11.5 Å². The molecule has 3 aliphatic carbocycles. The predicted octanol–water partition coefficient (Wildman–Crippen LogP) is 3.03. The summed E-state index contributed by atoms with van der Waals surface area (Å²) >= 11 is 0. The van der Waals surface area contributed by atoms with Crippen molar-refractivity contribution in [1.82, 2.24) is 14.9 Å². The van der Waals surface area contributed by atoms with Crippen molar-refractivity contribution in [2.24, 2.45) is 5.92 Å². The fourth-order valence-corrected chi connectivity index (χ4v) is 7.30. The first-order valence-corrected chi connectivity index (χ1v) is 11.8. The molecule has 4 atom stereocenters. The average molecular weight is 428 g/mol. The largest absolute Gasteiger partial charge is 0.504 e. The minimum Gasteiger partial charge on any atom is -0.504 e. The fraction of sp³-hybridized carbons (Fsp3) is 0.462. The summed E-state index contributed by atoms with van der Waals surface area (Å²) in [6.45, 7) is 2.00. The van der Waals surface area contributed by atoms with Crippen LogP contribution in [-0.4, -0.2) is 49.8 Å². The zero-order chi connectivity index (χ0) is 21.2. The highest BCUT2D eigenvalue weighted by Crippen LogP contribution is 2.68. The van der Waals surface area contributed by atoms with Gasteiger partial charge >= 0.3 is 0 Å². The van der Waals surface area contributed by atoms with Gasteiger partial charge in [0.15, 0.2) is 17.6 Å². The van der Waals surface area contributed by atoms with Crippen LogP contribution in [0.25, 0.3) is 11.0 Å². The van der Waals surface area contributed by atoms with Crippen molar-refractivity contribution >= 4 is 11.0 Å². The first-order valence-electron chi connectivity index (χ1n) is 11.8. The molecule has 1 saturated heterocycles. The number of hydrogen-bond donors (Lipinski definition) is 2. The fourth-order valence-electron chi connectivity index (χ4n) is 7.30. The van der Waals surface area contributed by atoms with Gasteiger partial charge in [0, 0.05) is 24.6 Å². The second-order valence-corrected chi connectivity index (χ2v) is 10.5. The normalized spacial score (nSPS) is 34.2. The first kappa shape index (κ1) is 17.8. The smallest absolute Gasteiger partial charge is 0.166 e. The van der Waals surface area contributed by atoms with E-state index in [1.165, 1.54) is 18.4 Å². The van der Waals surface area contributed by atoms with Gasteiger partial charge in [-0.3, -0.25) is 4.90 Å². The molecule has 2 aliphatic heterocycles. The van der Waals surface area contributed by atoms with E-state index in [2.05, 4.69) is 4.90 Å². The Balaban J connectivity index is 1.41. The molecule has 32 heavy (non-hydrogen) atoms. The minimum absolute atomic E-state index is 0.0207. The van der Waals surface area contributed by atoms with Crippen molar-refractivity contribution < 1.29 is 14.9 Å². The molecule has 3 heterocycles. The standard InChI is InChI=1S/C26H25N3O3/c30-19-8-7-15-11-20-26(31)12-18-22(28-17-4-2-1-3-16(17)27-18)24-25(26,21(15)23(19)32-24)9-10-29(20)13-14-5-6-14/h1-4,7-8,14,20,24,30-31H,5-6,9-13H2/t20-,24+,25+,26-/m1/s1. The van der Waals surface area contributed by atoms with Gasteiger partial charge in [-0.1, -0.05) is 18.2 Å². The number of benzene rings is 2. The minimum atomic E-state index is -0.999. The maximum Gasteiger partial charge on any atom is 0.166 e. The van der Waals surface area contributed by atoms with Crippen molar-refractivity contribution in [1.29, 1.82) is 0 Å². The van der Waals surface area contributed by atoms with Crippen LogP contribution in [0.4, 0.5) is 0 Å². The van der Waals surface area contributed by atoms with Crippen LogP contribution in [-0.2, 0) is 18.3 Å². The summed E-state index contributed by atoms with van der Waals surface area (Å²) in [5.41, 5.74) is 3.98. The lowest BCUT2D eigenvalue weighted by atomic mass is 9.49. The predicted molar refractivity (Wildman–Crippen MR) is 118 cm³/mol. The summed E-state index contributed by atoms with van der Waals surface area (Å²) in [5.74, 6) is 1.46. The number of rotatable bonds is 2. The SMILES string of the molecule is Oc1ccc2c3c1O[C@H]1c4nc5ccccc5nc4C[C@@]4(O)[C@@H](C2)N(CC2CC2)CC[C@]314. The van der Waals surface area contributed by atoms with E-state index in [0.717, 1.165) is 59.8 Å². The highest BCUT2D eigenvalue weighted by molar-refractivity contribution is 5.75. The summed E-state index contributed by atoms with van der Waals surface area (Å²) in [5, 5.41) is 23.4. The topological polar surface area (TPSA) is 78.7 Å². The van der Waals surface area contributed by atoms with Crippen molar-refractivity contribution in [3.63, 3.8) is 0 Å². The molecule has 0 amide bonds. The number of hydrogen-bond acceptors (Lipinski definition) is 6. The highest BCUT2D eigenvalue weighted by atomic mass is 16.5. The summed E-state index contributed by atoms with van der Waals surface area (Å²) < 4.78 is 6.55. The number of para-hydroxylation sites is 2. The van der Waals surface area contributed by atoms with Gasteiger partial charge in [-0.2, -0.15) is 0 Å². The Morgan fingerprint density at radius 1 is 1.09 bits per heavy atom. The third-order valence-electron chi connectivity index (χ3n) is 8.87. The van der Waals surface area contributed by atoms with E-state index >= 15 is 0 Å². The van der Waals surface area contributed by atoms with Gasteiger partial charge in [0.2, 0.25) is 0 Å². The van der Waals surface area contributed by atoms with Crippen LogP contribution >= 0.6 is 0 Å². The quantitative estimate of drug-likeness (QED) is 0.655. The molecular formula is C26H25N3O3. The summed E-state index contributed by atoms with van der Waals surface area (Å²) in [6, 6.07) is 11.7. The van der Waals surface area contributed by atoms with Gasteiger partial charge in [0.25, 0.3) is 0 Å². The number of ether oxygens (including phenoxy) is 1. The van der Waals surface area contributed by atoms with Gasteiger partial charge in [-0.25, -0.2) is 9.97 Å². The Labute approximate surface area is 185 Å². The van der Waals surface area contributed by atoms with Crippen LogP contribution in [0.1, 0.15) is 47.9 Å². The molecular weight excluding hydrogens is 402 g/mol. The molecule has 6 heteroatoms. The van der Waals surface area contributed by atoms with Crippen LogP contribution in [0.3, 0.4) is 0 Å². The Hall–Kier alpha value is -2.70. The molecule has 2 bridgehead atoms. The maximum atomic E-state index is 12.7. The molecule has 2 aromatic carbocycles. The number of aromatic nitrogens is 2. The molecule has 0 unspecified atom stereocenters.